The molecule has 0 bridgehead atoms. The lowest BCUT2D eigenvalue weighted by Crippen LogP contribution is -2.47. The first-order chi connectivity index (χ1) is 18.4. The molecule has 5 aliphatic rings. The summed E-state index contributed by atoms with van der Waals surface area (Å²) in [6.07, 6.45) is 7.74. The van der Waals surface area contributed by atoms with Crippen molar-refractivity contribution in [1.29, 1.82) is 0 Å². The molecule has 0 radical (unpaired) electrons. The Kier molecular flexibility index (Phi) is 6.22. The molecular formula is C28H35N5O5S. The van der Waals surface area contributed by atoms with E-state index in [2.05, 4.69) is 15.3 Å². The summed E-state index contributed by atoms with van der Waals surface area (Å²) in [5.41, 5.74) is 8.02. The number of sulfone groups is 1. The predicted octanol–water partition coefficient (Wildman–Crippen LogP) is 3.47. The van der Waals surface area contributed by atoms with E-state index in [0.29, 0.717) is 41.6 Å². The van der Waals surface area contributed by atoms with Crippen LogP contribution in [0.15, 0.2) is 45.8 Å². The molecular weight excluding hydrogens is 518 g/mol. The van der Waals surface area contributed by atoms with E-state index in [1.165, 1.54) is 0 Å². The molecule has 2 aliphatic carbocycles. The number of anilines is 1. The molecule has 0 spiro atoms. The van der Waals surface area contributed by atoms with Gasteiger partial charge in [0.15, 0.2) is 15.7 Å². The van der Waals surface area contributed by atoms with E-state index in [1.807, 2.05) is 40.0 Å². The van der Waals surface area contributed by atoms with Crippen molar-refractivity contribution in [2.75, 3.05) is 5.32 Å². The molecule has 10 nitrogen and oxygen atoms in total. The molecule has 6 rings (SSSR count). The third-order valence-electron chi connectivity index (χ3n) is 8.44. The molecule has 0 saturated heterocycles. The Morgan fingerprint density at radius 3 is 2.56 bits per heavy atom. The molecule has 2 saturated carbocycles. The second-order valence-electron chi connectivity index (χ2n) is 11.9. The minimum absolute atomic E-state index is 0.0279. The predicted molar refractivity (Wildman–Crippen MR) is 148 cm³/mol. The molecule has 3 N–H and O–H groups in total. The van der Waals surface area contributed by atoms with Crippen LogP contribution in [0.25, 0.3) is 0 Å². The van der Waals surface area contributed by atoms with Crippen LogP contribution in [0.5, 0.6) is 0 Å². The molecule has 2 fully saturated rings. The summed E-state index contributed by atoms with van der Waals surface area (Å²) in [7, 11) is -3.03. The number of aromatic nitrogens is 1. The van der Waals surface area contributed by atoms with E-state index in [9.17, 15) is 13.2 Å². The number of nitrogens with two attached hydrogens (primary N) is 1. The maximum absolute atomic E-state index is 12.5. The fourth-order valence-corrected chi connectivity index (χ4v) is 7.93. The molecule has 4 atom stereocenters. The zero-order chi connectivity index (χ0) is 27.7. The van der Waals surface area contributed by atoms with Gasteiger partial charge < -0.3 is 20.5 Å². The molecule has 4 heterocycles. The highest BCUT2D eigenvalue weighted by atomic mass is 32.2. The molecule has 2 unspecified atom stereocenters. The standard InChI is InChI=1S/C28H35N5O5S/c1-14-15(2)37-27(34)19-7-8-23(33-25(14)19)32-24-11-20-21(12-30-24)26(31-13-22(20)28(3,4)29)38-16-9-18(10-16)39(35,36)17-5-6-17/h7-8,11-18,20-21H,5-6,9-10,29H2,1-4H3,(H,32,33)/t14-,15-,16?,18?,20?,21?/m0/s1. The van der Waals surface area contributed by atoms with Crippen molar-refractivity contribution in [2.24, 2.45) is 27.6 Å². The zero-order valence-corrected chi connectivity index (χ0v) is 23.4. The fraction of sp³-hybridized carbons (Fsp3) is 0.571. The number of carbonyl (C=O) groups excluding carboxylic acids is 1. The molecule has 1 aromatic heterocycles. The Morgan fingerprint density at radius 2 is 1.87 bits per heavy atom. The highest BCUT2D eigenvalue weighted by Crippen LogP contribution is 2.42. The molecule has 208 valence electrons. The summed E-state index contributed by atoms with van der Waals surface area (Å²) in [6.45, 7) is 7.74. The van der Waals surface area contributed by atoms with Gasteiger partial charge in [0, 0.05) is 42.6 Å². The van der Waals surface area contributed by atoms with Gasteiger partial charge in [-0.15, -0.1) is 0 Å². The van der Waals surface area contributed by atoms with Gasteiger partial charge in [0.1, 0.15) is 23.8 Å². The van der Waals surface area contributed by atoms with E-state index in [-0.39, 0.29) is 46.4 Å². The highest BCUT2D eigenvalue weighted by Gasteiger charge is 2.49. The van der Waals surface area contributed by atoms with Crippen LogP contribution in [0.4, 0.5) is 5.82 Å². The Hall–Kier alpha value is -3.05. The van der Waals surface area contributed by atoms with E-state index in [0.717, 1.165) is 18.4 Å². The van der Waals surface area contributed by atoms with Crippen molar-refractivity contribution in [3.05, 3.63) is 47.1 Å². The summed E-state index contributed by atoms with van der Waals surface area (Å²) >= 11 is 0. The number of pyridine rings is 1. The molecule has 3 aliphatic heterocycles. The number of rotatable bonds is 6. The van der Waals surface area contributed by atoms with E-state index < -0.39 is 15.4 Å². The van der Waals surface area contributed by atoms with Crippen molar-refractivity contribution < 1.29 is 22.7 Å². The van der Waals surface area contributed by atoms with E-state index >= 15 is 0 Å². The third-order valence-corrected chi connectivity index (χ3v) is 11.2. The van der Waals surface area contributed by atoms with Crippen molar-refractivity contribution in [1.82, 2.24) is 4.98 Å². The molecule has 11 heteroatoms. The summed E-state index contributed by atoms with van der Waals surface area (Å²) in [4.78, 5) is 26.2. The number of allylic oxidation sites excluding steroid dienone is 1. The number of hydrogen-bond acceptors (Lipinski definition) is 10. The largest absolute Gasteiger partial charge is 0.477 e. The lowest BCUT2D eigenvalue weighted by Gasteiger charge is -2.40. The van der Waals surface area contributed by atoms with Crippen LogP contribution in [0.3, 0.4) is 0 Å². The monoisotopic (exact) mass is 553 g/mol. The second kappa shape index (κ2) is 9.26. The van der Waals surface area contributed by atoms with Crippen LogP contribution in [-0.2, 0) is 19.3 Å². The Labute approximate surface area is 228 Å². The van der Waals surface area contributed by atoms with Crippen LogP contribution in [0.1, 0.15) is 75.3 Å². The number of esters is 1. The number of nitrogens with one attached hydrogen (secondary N) is 1. The van der Waals surface area contributed by atoms with E-state index in [1.54, 1.807) is 18.3 Å². The first-order valence-corrected chi connectivity index (χ1v) is 15.2. The summed E-state index contributed by atoms with van der Waals surface area (Å²) in [5, 5.41) is 2.83. The van der Waals surface area contributed by atoms with Crippen LogP contribution < -0.4 is 11.1 Å². The number of aliphatic imine (C=N–C) groups is 2. The molecule has 39 heavy (non-hydrogen) atoms. The third kappa shape index (κ3) is 4.80. The number of hydrogen-bond donors (Lipinski definition) is 2. The van der Waals surface area contributed by atoms with Gasteiger partial charge in [-0.05, 0) is 57.4 Å². The smallest absolute Gasteiger partial charge is 0.340 e. The number of fused-ring (bicyclic) bond motifs is 2. The van der Waals surface area contributed by atoms with Gasteiger partial charge in [0.2, 0.25) is 0 Å². The quantitative estimate of drug-likeness (QED) is 0.510. The van der Waals surface area contributed by atoms with Crippen LogP contribution in [0.2, 0.25) is 0 Å². The lowest BCUT2D eigenvalue weighted by molar-refractivity contribution is 0.0235. The van der Waals surface area contributed by atoms with Gasteiger partial charge in [0.05, 0.1) is 27.7 Å². The van der Waals surface area contributed by atoms with Crippen LogP contribution in [0, 0.1) is 11.8 Å². The van der Waals surface area contributed by atoms with Crippen LogP contribution >= 0.6 is 0 Å². The Balaban J connectivity index is 1.20. The van der Waals surface area contributed by atoms with Gasteiger partial charge in [-0.25, -0.2) is 28.2 Å². The minimum Gasteiger partial charge on any atom is -0.477 e. The lowest BCUT2D eigenvalue weighted by atomic mass is 9.76. The average Bonchev–Trinajstić information content (AvgIpc) is 3.70. The Morgan fingerprint density at radius 1 is 1.13 bits per heavy atom. The number of carbonyl (C=O) groups is 1. The number of ether oxygens (including phenoxy) is 2. The fourth-order valence-electron chi connectivity index (χ4n) is 5.63. The van der Waals surface area contributed by atoms with Gasteiger partial charge in [-0.3, -0.25) is 0 Å². The number of cyclic esters (lactones) is 1. The topological polar surface area (TPSA) is 145 Å². The van der Waals surface area contributed by atoms with Gasteiger partial charge in [-0.1, -0.05) is 6.92 Å². The van der Waals surface area contributed by atoms with E-state index in [4.69, 9.17) is 20.2 Å². The second-order valence-corrected chi connectivity index (χ2v) is 14.4. The van der Waals surface area contributed by atoms with Gasteiger partial charge in [-0.2, -0.15) is 0 Å². The molecule has 0 aromatic carbocycles. The van der Waals surface area contributed by atoms with Gasteiger partial charge in [0.25, 0.3) is 0 Å². The first-order valence-electron chi connectivity index (χ1n) is 13.6. The average molecular weight is 554 g/mol. The first kappa shape index (κ1) is 26.2. The summed E-state index contributed by atoms with van der Waals surface area (Å²) in [6, 6.07) is 3.47. The Bertz CT molecular complexity index is 1430. The normalized spacial score (nSPS) is 32.0. The van der Waals surface area contributed by atoms with Crippen LogP contribution in [-0.4, -0.2) is 59.7 Å². The number of nitrogens with zero attached hydrogens (tertiary/aromatic N) is 3. The zero-order valence-electron chi connectivity index (χ0n) is 22.6. The summed E-state index contributed by atoms with van der Waals surface area (Å²) in [5.74, 6) is 0.954. The molecule has 0 amide bonds. The van der Waals surface area contributed by atoms with Crippen molar-refractivity contribution >= 4 is 33.7 Å². The maximum Gasteiger partial charge on any atom is 0.340 e. The van der Waals surface area contributed by atoms with Gasteiger partial charge >= 0.3 is 5.97 Å². The van der Waals surface area contributed by atoms with Crippen molar-refractivity contribution in [3.63, 3.8) is 0 Å². The summed E-state index contributed by atoms with van der Waals surface area (Å²) < 4.78 is 36.7. The highest BCUT2D eigenvalue weighted by molar-refractivity contribution is 7.93. The van der Waals surface area contributed by atoms with Crippen molar-refractivity contribution in [2.45, 2.75) is 87.5 Å². The SMILES string of the molecule is C[C@@H]1OC(=O)c2ccc(NC3=CC4C(C(C)(C)N)=CN=C(OC5CC(S(=O)(=O)C6CC6)C5)C4C=N3)nc2[C@H]1C. The molecule has 1 aromatic rings. The maximum atomic E-state index is 12.5. The van der Waals surface area contributed by atoms with Crippen molar-refractivity contribution in [3.8, 4) is 0 Å². The minimum atomic E-state index is -3.03.